The number of rotatable bonds is 3. The van der Waals surface area contributed by atoms with Crippen LogP contribution in [0.4, 0.5) is 0 Å². The van der Waals surface area contributed by atoms with Crippen LogP contribution in [-0.2, 0) is 6.42 Å². The van der Waals surface area contributed by atoms with Crippen LogP contribution in [0.1, 0.15) is 31.2 Å². The molecule has 0 aliphatic rings. The quantitative estimate of drug-likeness (QED) is 0.677. The molecule has 0 aliphatic heterocycles. The van der Waals surface area contributed by atoms with E-state index in [4.69, 9.17) is 5.26 Å². The number of aromatic nitrogens is 2. The lowest BCUT2D eigenvalue weighted by atomic mass is 10.2. The first-order valence-electron chi connectivity index (χ1n) is 4.08. The number of nitrogens with zero attached hydrogens (tertiary/aromatic N) is 3. The summed E-state index contributed by atoms with van der Waals surface area (Å²) in [5.41, 5.74) is 0.523. The topological polar surface area (TPSA) is 49.6 Å². The molecule has 0 unspecified atom stereocenters. The molecule has 0 fully saturated rings. The van der Waals surface area contributed by atoms with Crippen LogP contribution in [0.5, 0.6) is 0 Å². The van der Waals surface area contributed by atoms with Gasteiger partial charge in [-0.05, 0) is 6.42 Å². The van der Waals surface area contributed by atoms with E-state index in [-0.39, 0.29) is 0 Å². The van der Waals surface area contributed by atoms with Crippen LogP contribution in [0.2, 0.25) is 0 Å². The van der Waals surface area contributed by atoms with E-state index in [0.29, 0.717) is 5.56 Å². The molecule has 0 atom stereocenters. The second-order valence-corrected chi connectivity index (χ2v) is 2.60. The van der Waals surface area contributed by atoms with Crippen molar-refractivity contribution < 1.29 is 0 Å². The fraction of sp³-hybridized carbons (Fsp3) is 0.444. The third-order valence-electron chi connectivity index (χ3n) is 1.59. The van der Waals surface area contributed by atoms with Crippen molar-refractivity contribution in [2.24, 2.45) is 0 Å². The van der Waals surface area contributed by atoms with Gasteiger partial charge in [0.2, 0.25) is 0 Å². The van der Waals surface area contributed by atoms with E-state index in [1.165, 1.54) is 0 Å². The van der Waals surface area contributed by atoms with E-state index in [1.54, 1.807) is 12.4 Å². The van der Waals surface area contributed by atoms with Gasteiger partial charge < -0.3 is 0 Å². The summed E-state index contributed by atoms with van der Waals surface area (Å²) in [6.45, 7) is 2.13. The molecule has 62 valence electrons. The highest BCUT2D eigenvalue weighted by molar-refractivity contribution is 5.21. The zero-order chi connectivity index (χ0) is 8.81. The zero-order valence-corrected chi connectivity index (χ0v) is 7.12. The average molecular weight is 161 g/mol. The van der Waals surface area contributed by atoms with Crippen LogP contribution in [0.25, 0.3) is 0 Å². The number of hydrogen-bond donors (Lipinski definition) is 0. The van der Waals surface area contributed by atoms with Crippen molar-refractivity contribution in [2.75, 3.05) is 0 Å². The molecular formula is C9H11N3. The van der Waals surface area contributed by atoms with E-state index >= 15 is 0 Å². The molecule has 3 heteroatoms. The van der Waals surface area contributed by atoms with Crippen LogP contribution in [0, 0.1) is 11.3 Å². The van der Waals surface area contributed by atoms with Crippen LogP contribution in [0.15, 0.2) is 12.4 Å². The van der Waals surface area contributed by atoms with Crippen molar-refractivity contribution in [1.29, 1.82) is 5.26 Å². The molecule has 0 saturated carbocycles. The maximum absolute atomic E-state index is 8.47. The normalized spacial score (nSPS) is 9.33. The minimum atomic E-state index is 0.523. The molecule has 0 spiro atoms. The highest BCUT2D eigenvalue weighted by Crippen LogP contribution is 1.98. The molecule has 1 aromatic heterocycles. The minimum absolute atomic E-state index is 0.523. The first kappa shape index (κ1) is 8.66. The van der Waals surface area contributed by atoms with Gasteiger partial charge in [-0.25, -0.2) is 9.97 Å². The highest BCUT2D eigenvalue weighted by atomic mass is 14.9. The van der Waals surface area contributed by atoms with Crippen molar-refractivity contribution in [3.05, 3.63) is 23.8 Å². The van der Waals surface area contributed by atoms with Gasteiger partial charge in [0.25, 0.3) is 0 Å². The summed E-state index contributed by atoms with van der Waals surface area (Å²) in [6.07, 6.45) is 6.29. The summed E-state index contributed by atoms with van der Waals surface area (Å²) >= 11 is 0. The molecule has 0 amide bonds. The molecule has 0 saturated heterocycles. The summed E-state index contributed by atoms with van der Waals surface area (Å²) in [5, 5.41) is 8.47. The molecular weight excluding hydrogens is 150 g/mol. The predicted octanol–water partition coefficient (Wildman–Crippen LogP) is 1.69. The first-order chi connectivity index (χ1) is 5.86. The SMILES string of the molecule is CCCCc1ncc(C#N)cn1. The van der Waals surface area contributed by atoms with E-state index in [2.05, 4.69) is 16.9 Å². The summed E-state index contributed by atoms with van der Waals surface area (Å²) in [5.74, 6) is 0.829. The van der Waals surface area contributed by atoms with Crippen molar-refractivity contribution in [3.63, 3.8) is 0 Å². The molecule has 0 aromatic carbocycles. The Bertz CT molecular complexity index is 271. The minimum Gasteiger partial charge on any atom is -0.240 e. The molecule has 0 radical (unpaired) electrons. The Morgan fingerprint density at radius 1 is 1.42 bits per heavy atom. The number of unbranched alkanes of at least 4 members (excludes halogenated alkanes) is 1. The number of hydrogen-bond acceptors (Lipinski definition) is 3. The zero-order valence-electron chi connectivity index (χ0n) is 7.12. The van der Waals surface area contributed by atoms with Gasteiger partial charge in [-0.2, -0.15) is 5.26 Å². The Morgan fingerprint density at radius 3 is 2.58 bits per heavy atom. The van der Waals surface area contributed by atoms with Gasteiger partial charge in [-0.3, -0.25) is 0 Å². The van der Waals surface area contributed by atoms with Gasteiger partial charge in [-0.15, -0.1) is 0 Å². The lowest BCUT2D eigenvalue weighted by Crippen LogP contribution is -1.94. The smallest absolute Gasteiger partial charge is 0.128 e. The Hall–Kier alpha value is -1.43. The predicted molar refractivity (Wildman–Crippen MR) is 45.4 cm³/mol. The third kappa shape index (κ3) is 2.31. The summed E-state index contributed by atoms with van der Waals surface area (Å²) in [4.78, 5) is 8.11. The molecule has 0 bridgehead atoms. The maximum atomic E-state index is 8.47. The van der Waals surface area contributed by atoms with Crippen molar-refractivity contribution >= 4 is 0 Å². The summed E-state index contributed by atoms with van der Waals surface area (Å²) in [7, 11) is 0. The Balaban J connectivity index is 2.60. The second-order valence-electron chi connectivity index (χ2n) is 2.60. The molecule has 1 rings (SSSR count). The fourth-order valence-electron chi connectivity index (χ4n) is 0.876. The van der Waals surface area contributed by atoms with Crippen molar-refractivity contribution in [3.8, 4) is 6.07 Å². The van der Waals surface area contributed by atoms with Gasteiger partial charge >= 0.3 is 0 Å². The first-order valence-corrected chi connectivity index (χ1v) is 4.08. The molecule has 1 heterocycles. The fourth-order valence-corrected chi connectivity index (χ4v) is 0.876. The third-order valence-corrected chi connectivity index (χ3v) is 1.59. The Kier molecular flexibility index (Phi) is 3.21. The van der Waals surface area contributed by atoms with Gasteiger partial charge in [0.1, 0.15) is 11.9 Å². The lowest BCUT2D eigenvalue weighted by molar-refractivity contribution is 0.751. The van der Waals surface area contributed by atoms with Crippen LogP contribution in [0.3, 0.4) is 0 Å². The maximum Gasteiger partial charge on any atom is 0.128 e. The molecule has 0 N–H and O–H groups in total. The Labute approximate surface area is 72.1 Å². The average Bonchev–Trinajstić information content (AvgIpc) is 2.15. The summed E-state index contributed by atoms with van der Waals surface area (Å²) < 4.78 is 0. The van der Waals surface area contributed by atoms with Crippen LogP contribution < -0.4 is 0 Å². The van der Waals surface area contributed by atoms with Gasteiger partial charge in [0, 0.05) is 18.8 Å². The number of aryl methyl sites for hydroxylation is 1. The molecule has 1 aromatic rings. The Morgan fingerprint density at radius 2 is 2.08 bits per heavy atom. The van der Waals surface area contributed by atoms with Gasteiger partial charge in [-0.1, -0.05) is 13.3 Å². The van der Waals surface area contributed by atoms with Gasteiger partial charge in [0.05, 0.1) is 5.56 Å². The second kappa shape index (κ2) is 4.45. The van der Waals surface area contributed by atoms with E-state index in [9.17, 15) is 0 Å². The van der Waals surface area contributed by atoms with Crippen molar-refractivity contribution in [2.45, 2.75) is 26.2 Å². The van der Waals surface area contributed by atoms with Crippen molar-refractivity contribution in [1.82, 2.24) is 9.97 Å². The van der Waals surface area contributed by atoms with E-state index in [0.717, 1.165) is 25.1 Å². The van der Waals surface area contributed by atoms with Crippen LogP contribution in [-0.4, -0.2) is 9.97 Å². The molecule has 3 nitrogen and oxygen atoms in total. The van der Waals surface area contributed by atoms with E-state index in [1.807, 2.05) is 6.07 Å². The summed E-state index contributed by atoms with van der Waals surface area (Å²) in [6, 6.07) is 1.99. The number of nitriles is 1. The standard InChI is InChI=1S/C9H11N3/c1-2-3-4-9-11-6-8(5-10)7-12-9/h6-7H,2-4H2,1H3. The van der Waals surface area contributed by atoms with E-state index < -0.39 is 0 Å². The lowest BCUT2D eigenvalue weighted by Gasteiger charge is -1.96. The van der Waals surface area contributed by atoms with Crippen LogP contribution >= 0.6 is 0 Å². The van der Waals surface area contributed by atoms with Gasteiger partial charge in [0.15, 0.2) is 0 Å². The molecule has 0 aliphatic carbocycles. The monoisotopic (exact) mass is 161 g/mol. The largest absolute Gasteiger partial charge is 0.240 e. The molecule has 12 heavy (non-hydrogen) atoms. The highest BCUT2D eigenvalue weighted by Gasteiger charge is 1.95.